The Morgan fingerprint density at radius 2 is 2.00 bits per heavy atom. The minimum atomic E-state index is -2.23. The van der Waals surface area contributed by atoms with Crippen molar-refractivity contribution < 1.29 is 42.9 Å². The topological polar surface area (TPSA) is 106 Å². The van der Waals surface area contributed by atoms with Crippen LogP contribution >= 0.6 is 0 Å². The quantitative estimate of drug-likeness (QED) is 0.529. The van der Waals surface area contributed by atoms with Crippen LogP contribution in [-0.4, -0.2) is 89.4 Å². The average molecular weight is 574 g/mol. The Labute approximate surface area is 237 Å². The molecule has 2 N–H and O–H groups in total. The molecule has 7 rings (SSSR count). The molecule has 0 aromatic rings. The van der Waals surface area contributed by atoms with Crippen LogP contribution in [0, 0.1) is 28.6 Å². The number of halogens is 2. The van der Waals surface area contributed by atoms with Crippen LogP contribution in [-0.2, 0) is 23.9 Å². The summed E-state index contributed by atoms with van der Waals surface area (Å²) < 4.78 is 44.8. The highest BCUT2D eigenvalue weighted by molar-refractivity contribution is 6.01. The zero-order valence-electron chi connectivity index (χ0n) is 23.4. The van der Waals surface area contributed by atoms with Crippen molar-refractivity contribution in [2.24, 2.45) is 28.6 Å². The lowest BCUT2D eigenvalue weighted by Crippen LogP contribution is -2.70. The molecule has 2 heterocycles. The number of ketones is 2. The molecule has 0 aromatic carbocycles. The summed E-state index contributed by atoms with van der Waals surface area (Å²) in [5, 5.41) is 23.5. The number of hydrogen-bond acceptors (Lipinski definition) is 8. The summed E-state index contributed by atoms with van der Waals surface area (Å²) in [5.74, 6) is -1.90. The fourth-order valence-electron chi connectivity index (χ4n) is 9.69. The number of allylic oxidation sites excluding steroid dienone is 4. The third-order valence-corrected chi connectivity index (χ3v) is 11.5. The molecule has 0 bridgehead atoms. The van der Waals surface area contributed by atoms with Crippen molar-refractivity contribution in [3.63, 3.8) is 0 Å². The Kier molecular flexibility index (Phi) is 6.14. The molecule has 0 aromatic heterocycles. The number of hydroxylamine groups is 2. The normalized spacial score (nSPS) is 48.5. The van der Waals surface area contributed by atoms with Crippen LogP contribution in [0.3, 0.4) is 0 Å². The highest BCUT2D eigenvalue weighted by atomic mass is 19.1. The summed E-state index contributed by atoms with van der Waals surface area (Å²) in [6.45, 7) is 4.44. The van der Waals surface area contributed by atoms with Gasteiger partial charge in [-0.1, -0.05) is 19.1 Å². The van der Waals surface area contributed by atoms with Gasteiger partial charge in [-0.25, -0.2) is 8.78 Å². The monoisotopic (exact) mass is 573 g/mol. The van der Waals surface area contributed by atoms with Gasteiger partial charge in [0.15, 0.2) is 22.8 Å². The Bertz CT molecular complexity index is 1310. The highest BCUT2D eigenvalue weighted by Crippen LogP contribution is 2.72. The first kappa shape index (κ1) is 27.6. The van der Waals surface area contributed by atoms with E-state index < -0.39 is 64.4 Å². The van der Waals surface area contributed by atoms with E-state index in [1.165, 1.54) is 18.2 Å². The number of aliphatic hydroxyl groups excluding tert-OH is 2. The van der Waals surface area contributed by atoms with E-state index >= 15 is 8.78 Å². The van der Waals surface area contributed by atoms with E-state index in [-0.39, 0.29) is 30.4 Å². The van der Waals surface area contributed by atoms with Gasteiger partial charge in [-0.05, 0) is 67.9 Å². The summed E-state index contributed by atoms with van der Waals surface area (Å²) in [6, 6.07) is 0. The predicted octanol–water partition coefficient (Wildman–Crippen LogP) is 2.71. The number of fused-ring (bicyclic) bond motifs is 8. The zero-order chi connectivity index (χ0) is 28.9. The Hall–Kier alpha value is -2.24. The first-order valence-electron chi connectivity index (χ1n) is 14.7. The molecule has 5 aliphatic carbocycles. The van der Waals surface area contributed by atoms with Gasteiger partial charge in [0.05, 0.1) is 12.7 Å². The van der Waals surface area contributed by atoms with Crippen LogP contribution in [0.5, 0.6) is 0 Å². The fourth-order valence-corrected chi connectivity index (χ4v) is 9.69. The molecule has 0 spiro atoms. The number of rotatable bonds is 4. The number of Topliss-reactive ketones (excluding diaryl/α,β-unsaturated/α-hetero) is 1. The number of carbonyl (C=O) groups excluding carboxylic acids is 2. The molecule has 10 heteroatoms. The number of ether oxygens (including phenoxy) is 2. The van der Waals surface area contributed by atoms with Crippen LogP contribution in [0.1, 0.15) is 39.5 Å². The molecule has 7 aliphatic rings. The molecule has 0 radical (unpaired) electrons. The van der Waals surface area contributed by atoms with Crippen molar-refractivity contribution in [3.05, 3.63) is 47.3 Å². The van der Waals surface area contributed by atoms with Crippen molar-refractivity contribution in [2.45, 2.75) is 69.2 Å². The molecule has 3 saturated carbocycles. The Balaban J connectivity index is 1.22. The molecule has 2 saturated heterocycles. The minimum Gasteiger partial charge on any atom is -0.493 e. The second-order valence-electron chi connectivity index (χ2n) is 13.3. The van der Waals surface area contributed by atoms with Crippen molar-refractivity contribution in [1.29, 1.82) is 0 Å². The fraction of sp³-hybridized carbons (Fsp3) is 0.677. The van der Waals surface area contributed by atoms with Crippen LogP contribution in [0.15, 0.2) is 47.3 Å². The number of alkyl halides is 2. The lowest BCUT2D eigenvalue weighted by molar-refractivity contribution is -0.265. The van der Waals surface area contributed by atoms with Gasteiger partial charge in [0.2, 0.25) is 0 Å². The number of carbonyl (C=O) groups is 2. The standard InChI is InChI=1S/C31H37F2NO7/c1-28-6-5-19(36)11-22(28)23(32)12-21-20-10-18-15-34(14-17-3-4-24-25(9-17)40-8-7-39-24)41-31(18,27(38)16-35)29(20,2)13-26(37)30(21,28)33/h3,5-6,9,11,18,20-21,23-24,26,35,37H,4,7-8,10,12-16H2,1-2H3/t18-,20-,21-,23-,24?,26-,28-,29-,30-,31-/m0/s1. The van der Waals surface area contributed by atoms with Crippen molar-refractivity contribution >= 4 is 11.6 Å². The molecule has 5 fully saturated rings. The van der Waals surface area contributed by atoms with Gasteiger partial charge in [0, 0.05) is 35.8 Å². The van der Waals surface area contributed by atoms with Crippen LogP contribution < -0.4 is 0 Å². The molecule has 8 nitrogen and oxygen atoms in total. The lowest BCUT2D eigenvalue weighted by atomic mass is 9.44. The van der Waals surface area contributed by atoms with E-state index in [0.29, 0.717) is 39.1 Å². The van der Waals surface area contributed by atoms with E-state index in [1.807, 2.05) is 13.0 Å². The number of aliphatic hydroxyl groups is 2. The molecular formula is C31H37F2NO7. The predicted molar refractivity (Wildman–Crippen MR) is 141 cm³/mol. The van der Waals surface area contributed by atoms with Crippen LogP contribution in [0.25, 0.3) is 0 Å². The van der Waals surface area contributed by atoms with E-state index in [0.717, 1.165) is 11.3 Å². The maximum absolute atomic E-state index is 17.5. The second kappa shape index (κ2) is 9.13. The van der Waals surface area contributed by atoms with E-state index in [9.17, 15) is 19.8 Å². The molecule has 2 aliphatic heterocycles. The van der Waals surface area contributed by atoms with Gasteiger partial charge in [-0.3, -0.25) is 14.4 Å². The van der Waals surface area contributed by atoms with Crippen LogP contribution in [0.4, 0.5) is 8.78 Å². The average Bonchev–Trinajstić information content (AvgIpc) is 3.43. The Morgan fingerprint density at radius 3 is 2.78 bits per heavy atom. The first-order valence-corrected chi connectivity index (χ1v) is 14.7. The summed E-state index contributed by atoms with van der Waals surface area (Å²) in [6.07, 6.45) is 5.42. The molecule has 1 unspecified atom stereocenters. The molecule has 222 valence electrons. The highest BCUT2D eigenvalue weighted by Gasteiger charge is 2.79. The number of hydrogen-bond donors (Lipinski definition) is 2. The van der Waals surface area contributed by atoms with Crippen molar-refractivity contribution in [2.75, 3.05) is 32.9 Å². The molecule has 41 heavy (non-hydrogen) atoms. The van der Waals surface area contributed by atoms with Gasteiger partial charge in [0.1, 0.15) is 31.2 Å². The first-order chi connectivity index (χ1) is 19.5. The number of nitrogens with zero attached hydrogens (tertiary/aromatic N) is 1. The van der Waals surface area contributed by atoms with Crippen molar-refractivity contribution in [3.8, 4) is 0 Å². The largest absolute Gasteiger partial charge is 0.493 e. The Morgan fingerprint density at radius 1 is 1.20 bits per heavy atom. The van der Waals surface area contributed by atoms with E-state index in [4.69, 9.17) is 14.3 Å². The maximum atomic E-state index is 17.5. The van der Waals surface area contributed by atoms with Gasteiger partial charge < -0.3 is 19.7 Å². The third-order valence-electron chi connectivity index (χ3n) is 11.5. The van der Waals surface area contributed by atoms with Gasteiger partial charge in [-0.15, -0.1) is 0 Å². The van der Waals surface area contributed by atoms with Gasteiger partial charge in [-0.2, -0.15) is 5.06 Å². The molecule has 0 amide bonds. The SMILES string of the molecule is C[C@]12C=CC(=O)C=C1[C@@H](F)C[C@H]1[C@@H]3C[C@H]4CN(CC5=CCC6OCCOC6=C5)O[C@@]4(C(=O)CO)[C@@]3(C)C[C@H](O)[C@@]12F. The van der Waals surface area contributed by atoms with E-state index in [2.05, 4.69) is 6.08 Å². The molecular weight excluding hydrogens is 536 g/mol. The van der Waals surface area contributed by atoms with E-state index in [1.54, 1.807) is 12.0 Å². The zero-order valence-corrected chi connectivity index (χ0v) is 23.4. The summed E-state index contributed by atoms with van der Waals surface area (Å²) in [5.41, 5.74) is -5.24. The van der Waals surface area contributed by atoms with Gasteiger partial charge in [0.25, 0.3) is 0 Å². The van der Waals surface area contributed by atoms with Crippen molar-refractivity contribution in [1.82, 2.24) is 5.06 Å². The van der Waals surface area contributed by atoms with Crippen LogP contribution in [0.2, 0.25) is 0 Å². The summed E-state index contributed by atoms with van der Waals surface area (Å²) >= 11 is 0. The lowest BCUT2D eigenvalue weighted by Gasteiger charge is -2.63. The smallest absolute Gasteiger partial charge is 0.192 e. The minimum absolute atomic E-state index is 0.0672. The maximum Gasteiger partial charge on any atom is 0.192 e. The third kappa shape index (κ3) is 3.48. The second-order valence-corrected chi connectivity index (χ2v) is 13.3. The summed E-state index contributed by atoms with van der Waals surface area (Å²) in [4.78, 5) is 32.3. The van der Waals surface area contributed by atoms with Gasteiger partial charge >= 0.3 is 0 Å². The molecule has 10 atom stereocenters. The summed E-state index contributed by atoms with van der Waals surface area (Å²) in [7, 11) is 0.